The summed E-state index contributed by atoms with van der Waals surface area (Å²) in [4.78, 5) is 23.2. The molecule has 0 aromatic rings. The number of hydrogen-bond donors (Lipinski definition) is 2. The summed E-state index contributed by atoms with van der Waals surface area (Å²) < 4.78 is 5.89. The van der Waals surface area contributed by atoms with Crippen molar-refractivity contribution in [2.75, 3.05) is 6.61 Å². The highest BCUT2D eigenvalue weighted by atomic mass is 16.6. The van der Waals surface area contributed by atoms with Crippen LogP contribution in [0.5, 0.6) is 0 Å². The SMILES string of the molecule is CC(C)C1CC[C@H]2C(CC[C@@H]3[C@]2(C)CCC[C@]3(C)C(CO)OC(=O)CCCCC(=O)O)C1. The van der Waals surface area contributed by atoms with E-state index in [1.807, 2.05) is 0 Å². The Balaban J connectivity index is 1.69. The van der Waals surface area contributed by atoms with Gasteiger partial charge in [-0.05, 0) is 92.8 Å². The Morgan fingerprint density at radius 1 is 1.03 bits per heavy atom. The van der Waals surface area contributed by atoms with Gasteiger partial charge in [0.15, 0.2) is 0 Å². The summed E-state index contributed by atoms with van der Waals surface area (Å²) in [5, 5.41) is 19.1. The number of aliphatic carboxylic acids is 1. The quantitative estimate of drug-likeness (QED) is 0.341. The van der Waals surface area contributed by atoms with Crippen LogP contribution in [0.2, 0.25) is 0 Å². The Labute approximate surface area is 194 Å². The normalized spacial score (nSPS) is 37.9. The summed E-state index contributed by atoms with van der Waals surface area (Å²) >= 11 is 0. The highest BCUT2D eigenvalue weighted by molar-refractivity contribution is 5.70. The molecule has 0 aromatic carbocycles. The van der Waals surface area contributed by atoms with Crippen LogP contribution in [-0.2, 0) is 14.3 Å². The molecule has 3 rings (SSSR count). The summed E-state index contributed by atoms with van der Waals surface area (Å²) in [7, 11) is 0. The summed E-state index contributed by atoms with van der Waals surface area (Å²) in [6, 6.07) is 0. The second kappa shape index (κ2) is 10.4. The number of fused-ring (bicyclic) bond motifs is 3. The zero-order valence-corrected chi connectivity index (χ0v) is 20.8. The molecule has 0 spiro atoms. The number of carbonyl (C=O) groups is 2. The third-order valence-corrected chi connectivity index (χ3v) is 9.86. The second-order valence-electron chi connectivity index (χ2n) is 11.9. The van der Waals surface area contributed by atoms with Crippen LogP contribution in [0, 0.1) is 40.4 Å². The van der Waals surface area contributed by atoms with Crippen molar-refractivity contribution < 1.29 is 24.5 Å². The van der Waals surface area contributed by atoms with Crippen LogP contribution in [-0.4, -0.2) is 34.9 Å². The lowest BCUT2D eigenvalue weighted by Crippen LogP contribution is -2.58. The fraction of sp³-hybridized carbons (Fsp3) is 0.926. The molecule has 0 radical (unpaired) electrons. The van der Waals surface area contributed by atoms with Crippen LogP contribution in [0.3, 0.4) is 0 Å². The number of esters is 1. The molecule has 0 heterocycles. The number of rotatable bonds is 9. The number of ether oxygens (including phenoxy) is 1. The molecule has 3 fully saturated rings. The Hall–Kier alpha value is -1.10. The smallest absolute Gasteiger partial charge is 0.306 e. The highest BCUT2D eigenvalue weighted by Crippen LogP contribution is 2.65. The summed E-state index contributed by atoms with van der Waals surface area (Å²) in [6.45, 7) is 9.38. The Bertz CT molecular complexity index is 660. The molecule has 0 bridgehead atoms. The van der Waals surface area contributed by atoms with Crippen LogP contribution in [0.4, 0.5) is 0 Å². The maximum atomic E-state index is 12.5. The predicted octanol–water partition coefficient (Wildman–Crippen LogP) is 5.83. The van der Waals surface area contributed by atoms with Gasteiger partial charge in [-0.15, -0.1) is 0 Å². The molecule has 3 aliphatic rings. The Morgan fingerprint density at radius 2 is 1.75 bits per heavy atom. The molecule has 3 aliphatic carbocycles. The monoisotopic (exact) mass is 450 g/mol. The van der Waals surface area contributed by atoms with Crippen molar-refractivity contribution in [2.45, 2.75) is 111 Å². The van der Waals surface area contributed by atoms with E-state index in [9.17, 15) is 14.7 Å². The van der Waals surface area contributed by atoms with Gasteiger partial charge in [-0.25, -0.2) is 0 Å². The van der Waals surface area contributed by atoms with Gasteiger partial charge >= 0.3 is 11.9 Å². The van der Waals surface area contributed by atoms with Crippen LogP contribution in [0.25, 0.3) is 0 Å². The minimum absolute atomic E-state index is 0.0784. The van der Waals surface area contributed by atoms with E-state index in [4.69, 9.17) is 9.84 Å². The molecule has 5 heteroatoms. The fourth-order valence-corrected chi connectivity index (χ4v) is 8.06. The molecular formula is C27H46O5. The number of carboxylic acid groups (broad SMARTS) is 1. The zero-order valence-electron chi connectivity index (χ0n) is 20.8. The summed E-state index contributed by atoms with van der Waals surface area (Å²) in [6.07, 6.45) is 10.7. The van der Waals surface area contributed by atoms with Gasteiger partial charge in [0.05, 0.1) is 6.61 Å². The predicted molar refractivity (Wildman–Crippen MR) is 125 cm³/mol. The van der Waals surface area contributed by atoms with Gasteiger partial charge < -0.3 is 14.9 Å². The molecule has 0 aromatic heterocycles. The van der Waals surface area contributed by atoms with Gasteiger partial charge in [-0.3, -0.25) is 9.59 Å². The topological polar surface area (TPSA) is 83.8 Å². The molecule has 5 nitrogen and oxygen atoms in total. The maximum Gasteiger partial charge on any atom is 0.306 e. The first-order valence-electron chi connectivity index (χ1n) is 13.1. The lowest BCUT2D eigenvalue weighted by atomic mass is 9.43. The van der Waals surface area contributed by atoms with Crippen LogP contribution in [0.15, 0.2) is 0 Å². The molecule has 184 valence electrons. The van der Waals surface area contributed by atoms with E-state index in [-0.39, 0.29) is 36.2 Å². The van der Waals surface area contributed by atoms with E-state index in [2.05, 4.69) is 27.7 Å². The van der Waals surface area contributed by atoms with Crippen molar-refractivity contribution in [2.24, 2.45) is 40.4 Å². The van der Waals surface area contributed by atoms with Gasteiger partial charge in [0.25, 0.3) is 0 Å². The van der Waals surface area contributed by atoms with Gasteiger partial charge in [0, 0.05) is 18.3 Å². The first-order valence-corrected chi connectivity index (χ1v) is 13.1. The van der Waals surface area contributed by atoms with E-state index in [0.717, 1.165) is 36.5 Å². The van der Waals surface area contributed by atoms with E-state index in [1.54, 1.807) is 0 Å². The van der Waals surface area contributed by atoms with Crippen molar-refractivity contribution in [1.82, 2.24) is 0 Å². The van der Waals surface area contributed by atoms with Crippen molar-refractivity contribution in [3.63, 3.8) is 0 Å². The average molecular weight is 451 g/mol. The molecule has 0 saturated heterocycles. The Kier molecular flexibility index (Phi) is 8.33. The Morgan fingerprint density at radius 3 is 2.41 bits per heavy atom. The standard InChI is InChI=1S/C27H46O5/c1-18(2)19-10-12-21-20(16-19)11-13-22-26(21,3)14-7-15-27(22,4)23(17-28)32-25(31)9-6-5-8-24(29)30/h18-23,28H,5-17H2,1-4H3,(H,29,30)/t19?,20?,21-,22+,23?,26+,27-/m0/s1. The fourth-order valence-electron chi connectivity index (χ4n) is 8.06. The van der Waals surface area contributed by atoms with E-state index < -0.39 is 12.1 Å². The van der Waals surface area contributed by atoms with E-state index >= 15 is 0 Å². The highest BCUT2D eigenvalue weighted by Gasteiger charge is 2.59. The molecular weight excluding hydrogens is 404 g/mol. The van der Waals surface area contributed by atoms with E-state index in [0.29, 0.717) is 18.8 Å². The van der Waals surface area contributed by atoms with Crippen molar-refractivity contribution >= 4 is 11.9 Å². The number of carboxylic acids is 1. The van der Waals surface area contributed by atoms with Crippen molar-refractivity contribution in [3.8, 4) is 0 Å². The number of aliphatic hydroxyl groups excluding tert-OH is 1. The number of carbonyl (C=O) groups excluding carboxylic acids is 1. The van der Waals surface area contributed by atoms with Crippen LogP contribution < -0.4 is 0 Å². The van der Waals surface area contributed by atoms with Crippen molar-refractivity contribution in [1.29, 1.82) is 0 Å². The van der Waals surface area contributed by atoms with Gasteiger partial charge in [-0.1, -0.05) is 34.1 Å². The zero-order chi connectivity index (χ0) is 23.5. The first-order chi connectivity index (χ1) is 15.1. The van der Waals surface area contributed by atoms with Crippen LogP contribution >= 0.6 is 0 Å². The molecule has 3 unspecified atom stereocenters. The third-order valence-electron chi connectivity index (χ3n) is 9.86. The third kappa shape index (κ3) is 5.18. The largest absolute Gasteiger partial charge is 0.481 e. The minimum atomic E-state index is -0.835. The summed E-state index contributed by atoms with van der Waals surface area (Å²) in [5.74, 6) is 2.54. The maximum absolute atomic E-state index is 12.5. The van der Waals surface area contributed by atoms with E-state index in [1.165, 1.54) is 38.5 Å². The van der Waals surface area contributed by atoms with Gasteiger partial charge in [-0.2, -0.15) is 0 Å². The van der Waals surface area contributed by atoms with Gasteiger partial charge in [0.2, 0.25) is 0 Å². The molecule has 0 amide bonds. The molecule has 7 atom stereocenters. The number of unbranched alkanes of at least 4 members (excludes halogenated alkanes) is 1. The second-order valence-corrected chi connectivity index (χ2v) is 11.9. The first kappa shape index (κ1) is 25.5. The molecule has 32 heavy (non-hydrogen) atoms. The lowest BCUT2D eigenvalue weighted by molar-refractivity contribution is -0.189. The number of hydrogen-bond acceptors (Lipinski definition) is 4. The van der Waals surface area contributed by atoms with Crippen molar-refractivity contribution in [3.05, 3.63) is 0 Å². The van der Waals surface area contributed by atoms with Crippen LogP contribution in [0.1, 0.15) is 105 Å². The lowest BCUT2D eigenvalue weighted by Gasteiger charge is -2.63. The molecule has 0 aliphatic heterocycles. The average Bonchev–Trinajstić information content (AvgIpc) is 2.74. The van der Waals surface area contributed by atoms with Gasteiger partial charge in [0.1, 0.15) is 6.10 Å². The summed E-state index contributed by atoms with van der Waals surface area (Å²) in [5.41, 5.74) is 0.0670. The molecule has 3 saturated carbocycles. The minimum Gasteiger partial charge on any atom is -0.481 e. The number of aliphatic hydroxyl groups is 1. The molecule has 2 N–H and O–H groups in total.